The fourth-order valence-electron chi connectivity index (χ4n) is 1.72. The molecule has 0 saturated heterocycles. The third-order valence-corrected chi connectivity index (χ3v) is 2.55. The predicted octanol–water partition coefficient (Wildman–Crippen LogP) is 2.95. The van der Waals surface area contributed by atoms with Crippen LogP contribution in [0.15, 0.2) is 24.4 Å². The van der Waals surface area contributed by atoms with Crippen LogP contribution in [0, 0.1) is 5.82 Å². The van der Waals surface area contributed by atoms with Gasteiger partial charge in [0.05, 0.1) is 24.3 Å². The minimum absolute atomic E-state index is 0.159. The molecule has 0 N–H and O–H groups in total. The number of pyridine rings is 1. The lowest BCUT2D eigenvalue weighted by Crippen LogP contribution is -2.05. The Hall–Kier alpha value is -2.17. The van der Waals surface area contributed by atoms with Gasteiger partial charge in [0.1, 0.15) is 0 Å². The molecule has 0 radical (unpaired) electrons. The van der Waals surface area contributed by atoms with E-state index < -0.39 is 11.8 Å². The zero-order valence-electron chi connectivity index (χ0n) is 10.8. The lowest BCUT2D eigenvalue weighted by molar-refractivity contribution is 0.0526. The molecular formula is C14H14FNO3. The zero-order chi connectivity index (χ0) is 13.8. The fraction of sp³-hybridized carbons (Fsp3) is 0.286. The first kappa shape index (κ1) is 13.3. The second kappa shape index (κ2) is 5.65. The highest BCUT2D eigenvalue weighted by atomic mass is 19.1. The number of carbonyl (C=O) groups is 1. The number of halogens is 1. The number of aromatic nitrogens is 1. The number of rotatable bonds is 4. The van der Waals surface area contributed by atoms with Crippen molar-refractivity contribution in [3.8, 4) is 5.75 Å². The van der Waals surface area contributed by atoms with Crippen molar-refractivity contribution in [1.29, 1.82) is 0 Å². The molecule has 0 spiro atoms. The molecule has 5 heteroatoms. The molecule has 0 atom stereocenters. The summed E-state index contributed by atoms with van der Waals surface area (Å²) in [4.78, 5) is 15.7. The summed E-state index contributed by atoms with van der Waals surface area (Å²) in [5, 5.41) is 0.534. The fourth-order valence-corrected chi connectivity index (χ4v) is 1.72. The van der Waals surface area contributed by atoms with Crippen LogP contribution >= 0.6 is 0 Å². The summed E-state index contributed by atoms with van der Waals surface area (Å²) in [5.74, 6) is -0.783. The molecule has 19 heavy (non-hydrogen) atoms. The van der Waals surface area contributed by atoms with E-state index in [4.69, 9.17) is 9.47 Å². The molecule has 0 aliphatic rings. The average Bonchev–Trinajstić information content (AvgIpc) is 2.39. The predicted molar refractivity (Wildman–Crippen MR) is 68.8 cm³/mol. The number of hydrogen-bond donors (Lipinski definition) is 0. The Bertz CT molecular complexity index is 613. The number of carbonyl (C=O) groups excluding carboxylic acids is 1. The molecule has 100 valence electrons. The molecule has 1 aromatic heterocycles. The van der Waals surface area contributed by atoms with Crippen molar-refractivity contribution < 1.29 is 18.7 Å². The summed E-state index contributed by atoms with van der Waals surface area (Å²) >= 11 is 0. The first-order valence-corrected chi connectivity index (χ1v) is 6.05. The van der Waals surface area contributed by atoms with Crippen molar-refractivity contribution >= 4 is 16.9 Å². The average molecular weight is 263 g/mol. The Morgan fingerprint density at radius 1 is 1.26 bits per heavy atom. The van der Waals surface area contributed by atoms with Gasteiger partial charge in [-0.3, -0.25) is 4.98 Å². The first-order valence-electron chi connectivity index (χ1n) is 6.05. The monoisotopic (exact) mass is 263 g/mol. The van der Waals surface area contributed by atoms with E-state index in [9.17, 15) is 9.18 Å². The highest BCUT2D eigenvalue weighted by molar-refractivity contribution is 5.93. The minimum Gasteiger partial charge on any atom is -0.491 e. The summed E-state index contributed by atoms with van der Waals surface area (Å²) in [7, 11) is 0. The van der Waals surface area contributed by atoms with Crippen molar-refractivity contribution in [3.05, 3.63) is 35.8 Å². The van der Waals surface area contributed by atoms with Crippen molar-refractivity contribution in [2.45, 2.75) is 13.8 Å². The third-order valence-electron chi connectivity index (χ3n) is 2.55. The molecule has 0 bridgehead atoms. The van der Waals surface area contributed by atoms with Gasteiger partial charge in [-0.1, -0.05) is 0 Å². The van der Waals surface area contributed by atoms with E-state index in [1.54, 1.807) is 19.9 Å². The second-order valence-electron chi connectivity index (χ2n) is 3.85. The van der Waals surface area contributed by atoms with Crippen LogP contribution in [-0.2, 0) is 4.74 Å². The van der Waals surface area contributed by atoms with Crippen molar-refractivity contribution in [2.24, 2.45) is 0 Å². The summed E-state index contributed by atoms with van der Waals surface area (Å²) in [6.07, 6.45) is 1.41. The summed E-state index contributed by atoms with van der Waals surface area (Å²) < 4.78 is 23.7. The Balaban J connectivity index is 2.44. The lowest BCUT2D eigenvalue weighted by atomic mass is 10.1. The first-order chi connectivity index (χ1) is 9.15. The SMILES string of the molecule is CCOC(=O)c1cnc2cc(OCC)c(F)cc2c1. The Kier molecular flexibility index (Phi) is 3.94. The van der Waals surface area contributed by atoms with E-state index >= 15 is 0 Å². The third kappa shape index (κ3) is 2.81. The van der Waals surface area contributed by atoms with E-state index in [0.29, 0.717) is 23.1 Å². The topological polar surface area (TPSA) is 48.4 Å². The highest BCUT2D eigenvalue weighted by Crippen LogP contribution is 2.24. The van der Waals surface area contributed by atoms with Gasteiger partial charge in [0.25, 0.3) is 0 Å². The summed E-state index contributed by atoms with van der Waals surface area (Å²) in [6.45, 7) is 4.17. The summed E-state index contributed by atoms with van der Waals surface area (Å²) in [5.41, 5.74) is 0.871. The van der Waals surface area contributed by atoms with Gasteiger partial charge in [-0.15, -0.1) is 0 Å². The molecule has 1 heterocycles. The largest absolute Gasteiger partial charge is 0.491 e. The van der Waals surface area contributed by atoms with Gasteiger partial charge in [0.15, 0.2) is 11.6 Å². The van der Waals surface area contributed by atoms with Gasteiger partial charge < -0.3 is 9.47 Å². The zero-order valence-corrected chi connectivity index (χ0v) is 10.8. The van der Waals surface area contributed by atoms with Gasteiger partial charge >= 0.3 is 5.97 Å². The van der Waals surface area contributed by atoms with E-state index in [1.807, 2.05) is 0 Å². The van der Waals surface area contributed by atoms with Gasteiger partial charge in [-0.2, -0.15) is 0 Å². The Labute approximate surface area is 110 Å². The second-order valence-corrected chi connectivity index (χ2v) is 3.85. The molecule has 4 nitrogen and oxygen atoms in total. The van der Waals surface area contributed by atoms with Gasteiger partial charge in [0.2, 0.25) is 0 Å². The van der Waals surface area contributed by atoms with Crippen LogP contribution in [0.4, 0.5) is 4.39 Å². The lowest BCUT2D eigenvalue weighted by Gasteiger charge is -2.07. The number of hydrogen-bond acceptors (Lipinski definition) is 4. The van der Waals surface area contributed by atoms with Crippen LogP contribution < -0.4 is 4.74 Å². The maximum Gasteiger partial charge on any atom is 0.339 e. The maximum absolute atomic E-state index is 13.7. The van der Waals surface area contributed by atoms with Crippen LogP contribution in [-0.4, -0.2) is 24.2 Å². The van der Waals surface area contributed by atoms with E-state index in [1.165, 1.54) is 18.3 Å². The number of esters is 1. The molecule has 0 saturated carbocycles. The Morgan fingerprint density at radius 2 is 2.05 bits per heavy atom. The number of ether oxygens (including phenoxy) is 2. The maximum atomic E-state index is 13.7. The number of nitrogens with zero attached hydrogens (tertiary/aromatic N) is 1. The minimum atomic E-state index is -0.475. The quantitative estimate of drug-likeness (QED) is 0.796. The van der Waals surface area contributed by atoms with Crippen LogP contribution in [0.5, 0.6) is 5.75 Å². The van der Waals surface area contributed by atoms with E-state index in [0.717, 1.165) is 0 Å². The summed E-state index contributed by atoms with van der Waals surface area (Å²) in [6, 6.07) is 4.37. The molecule has 1 aromatic carbocycles. The van der Waals surface area contributed by atoms with Crippen LogP contribution in [0.25, 0.3) is 10.9 Å². The van der Waals surface area contributed by atoms with Crippen LogP contribution in [0.1, 0.15) is 24.2 Å². The molecule has 0 fully saturated rings. The molecule has 2 rings (SSSR count). The van der Waals surface area contributed by atoms with Crippen molar-refractivity contribution in [2.75, 3.05) is 13.2 Å². The van der Waals surface area contributed by atoms with Gasteiger partial charge in [-0.05, 0) is 26.0 Å². The van der Waals surface area contributed by atoms with Crippen LogP contribution in [0.2, 0.25) is 0 Å². The molecule has 0 amide bonds. The van der Waals surface area contributed by atoms with E-state index in [-0.39, 0.29) is 12.4 Å². The van der Waals surface area contributed by atoms with Gasteiger partial charge in [-0.25, -0.2) is 9.18 Å². The molecule has 0 aliphatic heterocycles. The standard InChI is InChI=1S/C14H14FNO3/c1-3-18-13-7-12-9(6-11(13)15)5-10(8-16-12)14(17)19-4-2/h5-8H,3-4H2,1-2H3. The number of benzene rings is 1. The Morgan fingerprint density at radius 3 is 2.74 bits per heavy atom. The normalized spacial score (nSPS) is 10.5. The molecular weight excluding hydrogens is 249 g/mol. The molecule has 0 aliphatic carbocycles. The van der Waals surface area contributed by atoms with E-state index in [2.05, 4.69) is 4.98 Å². The smallest absolute Gasteiger partial charge is 0.339 e. The van der Waals surface area contributed by atoms with Crippen molar-refractivity contribution in [1.82, 2.24) is 4.98 Å². The molecule has 2 aromatic rings. The highest BCUT2D eigenvalue weighted by Gasteiger charge is 2.11. The number of fused-ring (bicyclic) bond motifs is 1. The molecule has 0 unspecified atom stereocenters. The van der Waals surface area contributed by atoms with Gasteiger partial charge in [0, 0.05) is 17.6 Å². The van der Waals surface area contributed by atoms with Crippen molar-refractivity contribution in [3.63, 3.8) is 0 Å². The van der Waals surface area contributed by atoms with Crippen LogP contribution in [0.3, 0.4) is 0 Å².